The number of nitrogens with two attached hydrogens (primary N) is 1. The van der Waals surface area contributed by atoms with Gasteiger partial charge in [-0.3, -0.25) is 19.2 Å². The lowest BCUT2D eigenvalue weighted by Gasteiger charge is -2.22. The summed E-state index contributed by atoms with van der Waals surface area (Å²) in [5.41, 5.74) is 4.58. The molecule has 2 fully saturated rings. The van der Waals surface area contributed by atoms with Gasteiger partial charge < -0.3 is 15.6 Å². The maximum absolute atomic E-state index is 11.8. The second-order valence-electron chi connectivity index (χ2n) is 5.13. The molecule has 8 nitrogen and oxygen atoms in total. The predicted molar refractivity (Wildman–Crippen MR) is 70.3 cm³/mol. The first kappa shape index (κ1) is 13.5. The van der Waals surface area contributed by atoms with Gasteiger partial charge in [0, 0.05) is 18.8 Å². The largest absolute Gasteiger partial charge is 0.394 e. The Morgan fingerprint density at radius 1 is 1.40 bits per heavy atom. The molecule has 2 saturated heterocycles. The normalized spacial score (nSPS) is 35.0. The van der Waals surface area contributed by atoms with Crippen LogP contribution in [0.25, 0.3) is 0 Å². The van der Waals surface area contributed by atoms with Crippen LogP contribution in [0, 0.1) is 0 Å². The van der Waals surface area contributed by atoms with Gasteiger partial charge in [0.25, 0.3) is 5.56 Å². The molecule has 4 N–H and O–H groups in total. The lowest BCUT2D eigenvalue weighted by atomic mass is 10.2. The summed E-state index contributed by atoms with van der Waals surface area (Å²) in [6, 6.07) is 1.47. The van der Waals surface area contributed by atoms with Gasteiger partial charge in [-0.15, -0.1) is 0 Å². The molecule has 0 spiro atoms. The Labute approximate surface area is 114 Å². The van der Waals surface area contributed by atoms with E-state index in [2.05, 4.69) is 9.88 Å². The molecule has 2 aliphatic rings. The smallest absolute Gasteiger partial charge is 0.330 e. The number of morpholine rings is 1. The molecule has 0 radical (unpaired) electrons. The molecule has 1 aromatic rings. The summed E-state index contributed by atoms with van der Waals surface area (Å²) < 4.78 is 7.08. The summed E-state index contributed by atoms with van der Waals surface area (Å²) in [7, 11) is 0. The molecule has 110 valence electrons. The second kappa shape index (κ2) is 5.13. The average molecular weight is 282 g/mol. The van der Waals surface area contributed by atoms with Gasteiger partial charge in [0.05, 0.1) is 18.7 Å². The van der Waals surface area contributed by atoms with E-state index in [0.29, 0.717) is 6.54 Å². The highest BCUT2D eigenvalue weighted by Gasteiger charge is 2.62. The molecule has 8 heteroatoms. The Bertz CT molecular complexity index is 598. The van der Waals surface area contributed by atoms with E-state index in [1.165, 1.54) is 16.8 Å². The molecule has 3 heterocycles. The van der Waals surface area contributed by atoms with Crippen LogP contribution in [0.3, 0.4) is 0 Å². The Kier molecular flexibility index (Phi) is 3.47. The minimum absolute atomic E-state index is 0.0577. The van der Waals surface area contributed by atoms with Gasteiger partial charge in [-0.2, -0.15) is 0 Å². The molecule has 3 rings (SSSR count). The summed E-state index contributed by atoms with van der Waals surface area (Å²) in [6.07, 6.45) is 1.52. The number of aliphatic hydroxyl groups excluding tert-OH is 1. The number of H-pyrrole nitrogens is 1. The van der Waals surface area contributed by atoms with Crippen molar-refractivity contribution in [2.75, 3.05) is 19.7 Å². The standard InChI is InChI=1S/C12H18N4O4/c13-3-1-4-15-9-7(6-17)20-11(10(9)15)16-5-2-8(18)14-12(16)19/h2,5,7,9-11,17H,1,3-4,6,13H2,(H,14,18,19)/t7-,9-,10-,11-,15?/m1/s1. The fourth-order valence-electron chi connectivity index (χ4n) is 3.00. The fourth-order valence-corrected chi connectivity index (χ4v) is 3.00. The van der Waals surface area contributed by atoms with Crippen molar-refractivity contribution in [2.45, 2.75) is 30.8 Å². The molecule has 1 aromatic heterocycles. The van der Waals surface area contributed by atoms with Crippen LogP contribution in [0.15, 0.2) is 21.9 Å². The van der Waals surface area contributed by atoms with Gasteiger partial charge in [0.1, 0.15) is 6.10 Å². The predicted octanol–water partition coefficient (Wildman–Crippen LogP) is -2.17. The van der Waals surface area contributed by atoms with Crippen molar-refractivity contribution in [2.24, 2.45) is 5.73 Å². The van der Waals surface area contributed by atoms with Gasteiger partial charge >= 0.3 is 5.69 Å². The number of nitrogens with zero attached hydrogens (tertiary/aromatic N) is 2. The van der Waals surface area contributed by atoms with Crippen molar-refractivity contribution in [3.63, 3.8) is 0 Å². The second-order valence-corrected chi connectivity index (χ2v) is 5.13. The molecule has 0 amide bonds. The highest BCUT2D eigenvalue weighted by Crippen LogP contribution is 2.47. The van der Waals surface area contributed by atoms with Crippen molar-refractivity contribution in [1.29, 1.82) is 0 Å². The summed E-state index contributed by atoms with van der Waals surface area (Å²) in [6.45, 7) is 1.33. The van der Waals surface area contributed by atoms with Crippen molar-refractivity contribution >= 4 is 0 Å². The first-order chi connectivity index (χ1) is 9.67. The third-order valence-electron chi connectivity index (χ3n) is 3.94. The van der Waals surface area contributed by atoms with Gasteiger partial charge in [-0.05, 0) is 13.0 Å². The molecule has 0 aromatic carbocycles. The van der Waals surface area contributed by atoms with E-state index in [0.717, 1.165) is 13.0 Å². The lowest BCUT2D eigenvalue weighted by molar-refractivity contribution is -0.0642. The SMILES string of the molecule is NCCCN1[C@@H]2[C@H]1[C@@H](CO)O[C@H]2n1ccc(=O)[nH]c1=O. The summed E-state index contributed by atoms with van der Waals surface area (Å²) >= 11 is 0. The number of fused-ring (bicyclic) bond motifs is 1. The highest BCUT2D eigenvalue weighted by molar-refractivity contribution is 5.14. The van der Waals surface area contributed by atoms with Crippen LogP contribution >= 0.6 is 0 Å². The summed E-state index contributed by atoms with van der Waals surface area (Å²) in [4.78, 5) is 27.3. The lowest BCUT2D eigenvalue weighted by Crippen LogP contribution is -2.36. The minimum atomic E-state index is -0.495. The van der Waals surface area contributed by atoms with Crippen LogP contribution in [-0.4, -0.2) is 57.4 Å². The van der Waals surface area contributed by atoms with E-state index < -0.39 is 17.5 Å². The average Bonchev–Trinajstić information content (AvgIpc) is 3.00. The Balaban J connectivity index is 1.83. The topological polar surface area (TPSA) is 113 Å². The van der Waals surface area contributed by atoms with Crippen molar-refractivity contribution in [3.05, 3.63) is 33.1 Å². The summed E-state index contributed by atoms with van der Waals surface area (Å²) in [5, 5.41) is 9.36. The van der Waals surface area contributed by atoms with Crippen molar-refractivity contribution < 1.29 is 9.84 Å². The van der Waals surface area contributed by atoms with Crippen LogP contribution < -0.4 is 17.0 Å². The van der Waals surface area contributed by atoms with E-state index in [-0.39, 0.29) is 24.8 Å². The van der Waals surface area contributed by atoms with E-state index in [9.17, 15) is 14.7 Å². The highest BCUT2D eigenvalue weighted by atomic mass is 16.5. The van der Waals surface area contributed by atoms with E-state index in [4.69, 9.17) is 10.5 Å². The molecule has 20 heavy (non-hydrogen) atoms. The maximum atomic E-state index is 11.8. The zero-order valence-electron chi connectivity index (χ0n) is 10.9. The molecule has 5 atom stereocenters. The zero-order chi connectivity index (χ0) is 14.3. The minimum Gasteiger partial charge on any atom is -0.394 e. The molecule has 0 saturated carbocycles. The zero-order valence-corrected chi connectivity index (χ0v) is 10.9. The Hall–Kier alpha value is -1.48. The fraction of sp³-hybridized carbons (Fsp3) is 0.667. The number of ether oxygens (including phenoxy) is 1. The first-order valence-electron chi connectivity index (χ1n) is 6.71. The molecule has 0 aliphatic carbocycles. The monoisotopic (exact) mass is 282 g/mol. The number of nitrogens with one attached hydrogen (secondary N) is 1. The van der Waals surface area contributed by atoms with E-state index in [1.54, 1.807) is 0 Å². The van der Waals surface area contributed by atoms with Gasteiger partial charge in [-0.1, -0.05) is 0 Å². The van der Waals surface area contributed by atoms with Crippen molar-refractivity contribution in [1.82, 2.24) is 14.5 Å². The number of hydrogen-bond acceptors (Lipinski definition) is 6. The Morgan fingerprint density at radius 2 is 2.20 bits per heavy atom. The molecule has 0 bridgehead atoms. The van der Waals surface area contributed by atoms with Crippen LogP contribution in [0.4, 0.5) is 0 Å². The van der Waals surface area contributed by atoms with Crippen LogP contribution in [0.1, 0.15) is 12.6 Å². The number of aliphatic hydroxyl groups is 1. The number of hydrogen-bond donors (Lipinski definition) is 3. The molecule has 1 unspecified atom stereocenters. The van der Waals surface area contributed by atoms with E-state index in [1.807, 2.05) is 0 Å². The van der Waals surface area contributed by atoms with Crippen LogP contribution in [-0.2, 0) is 4.74 Å². The van der Waals surface area contributed by atoms with Crippen LogP contribution in [0.2, 0.25) is 0 Å². The number of rotatable bonds is 5. The number of aromatic nitrogens is 2. The van der Waals surface area contributed by atoms with E-state index >= 15 is 0 Å². The van der Waals surface area contributed by atoms with Crippen LogP contribution in [0.5, 0.6) is 0 Å². The maximum Gasteiger partial charge on any atom is 0.330 e. The van der Waals surface area contributed by atoms with Gasteiger partial charge in [0.15, 0.2) is 6.23 Å². The third-order valence-corrected chi connectivity index (χ3v) is 3.94. The summed E-state index contributed by atoms with van der Waals surface area (Å²) in [5.74, 6) is 0. The molecular weight excluding hydrogens is 264 g/mol. The van der Waals surface area contributed by atoms with Crippen molar-refractivity contribution in [3.8, 4) is 0 Å². The van der Waals surface area contributed by atoms with Gasteiger partial charge in [0.2, 0.25) is 0 Å². The quantitative estimate of drug-likeness (QED) is 0.530. The number of aromatic amines is 1. The first-order valence-corrected chi connectivity index (χ1v) is 6.71. The molecule has 2 aliphatic heterocycles. The van der Waals surface area contributed by atoms with Gasteiger partial charge in [-0.25, -0.2) is 4.79 Å². The molecular formula is C12H18N4O4. The third kappa shape index (κ3) is 2.10. The Morgan fingerprint density at radius 3 is 2.85 bits per heavy atom.